The largest absolute Gasteiger partial charge is 0.0613 e. The van der Waals surface area contributed by atoms with Gasteiger partial charge in [0.1, 0.15) is 0 Å². The Morgan fingerprint density at radius 2 is 0.848 bits per heavy atom. The lowest BCUT2D eigenvalue weighted by Crippen LogP contribution is -1.97. The van der Waals surface area contributed by atoms with E-state index >= 15 is 0 Å². The molecule has 0 saturated carbocycles. The van der Waals surface area contributed by atoms with E-state index in [0.717, 1.165) is 19.3 Å². The molecule has 8 rings (SSSR count). The van der Waals surface area contributed by atoms with Gasteiger partial charge < -0.3 is 0 Å². The highest BCUT2D eigenvalue weighted by Gasteiger charge is 2.22. The van der Waals surface area contributed by atoms with Gasteiger partial charge in [0, 0.05) is 0 Å². The van der Waals surface area contributed by atoms with Crippen molar-refractivity contribution in [1.29, 1.82) is 0 Å². The summed E-state index contributed by atoms with van der Waals surface area (Å²) in [6, 6.07) is 35.9. The second kappa shape index (κ2) is 10.7. The molecule has 0 bridgehead atoms. The van der Waals surface area contributed by atoms with Gasteiger partial charge in [0.2, 0.25) is 0 Å². The molecule has 0 unspecified atom stereocenters. The molecule has 226 valence electrons. The smallest absolute Gasteiger partial charge is 0.00199 e. The molecule has 0 aromatic heterocycles. The maximum atomic E-state index is 2.47. The van der Waals surface area contributed by atoms with E-state index in [4.69, 9.17) is 0 Å². The van der Waals surface area contributed by atoms with E-state index in [1.54, 1.807) is 0 Å². The molecule has 0 aliphatic carbocycles. The van der Waals surface area contributed by atoms with Crippen LogP contribution in [0.5, 0.6) is 0 Å². The fourth-order valence-electron chi connectivity index (χ4n) is 8.05. The van der Waals surface area contributed by atoms with Crippen molar-refractivity contribution in [2.75, 3.05) is 0 Å². The molecule has 0 heterocycles. The van der Waals surface area contributed by atoms with Crippen LogP contribution in [0.2, 0.25) is 0 Å². The molecule has 0 aliphatic rings. The summed E-state index contributed by atoms with van der Waals surface area (Å²) >= 11 is 0. The Labute approximate surface area is 273 Å². The van der Waals surface area contributed by atoms with Crippen molar-refractivity contribution in [3.05, 3.63) is 130 Å². The van der Waals surface area contributed by atoms with E-state index < -0.39 is 0 Å². The molecule has 46 heavy (non-hydrogen) atoms. The molecule has 0 spiro atoms. The normalized spacial score (nSPS) is 12.1. The predicted octanol–water partition coefficient (Wildman–Crippen LogP) is 13.1. The number of fused-ring (bicyclic) bond motifs is 2. The van der Waals surface area contributed by atoms with E-state index in [1.165, 1.54) is 115 Å². The average molecular weight is 595 g/mol. The lowest BCUT2D eigenvalue weighted by Gasteiger charge is -2.22. The number of hydrogen-bond acceptors (Lipinski definition) is 0. The number of benzene rings is 8. The Morgan fingerprint density at radius 1 is 0.391 bits per heavy atom. The topological polar surface area (TPSA) is 0 Å². The Balaban J connectivity index is 1.59. The second-order valence-corrected chi connectivity index (χ2v) is 13.6. The van der Waals surface area contributed by atoms with Crippen molar-refractivity contribution < 1.29 is 0 Å². The van der Waals surface area contributed by atoms with Crippen LogP contribution in [-0.4, -0.2) is 0 Å². The third-order valence-electron chi connectivity index (χ3n) is 10.9. The summed E-state index contributed by atoms with van der Waals surface area (Å²) in [7, 11) is 0. The zero-order valence-corrected chi connectivity index (χ0v) is 28.3. The third kappa shape index (κ3) is 4.19. The van der Waals surface area contributed by atoms with Crippen LogP contribution < -0.4 is 0 Å². The first-order valence-corrected chi connectivity index (χ1v) is 17.1. The standard InChI is InChI=1S/C46H42/c1-8-30-23-31(9-2)25-35(24-30)43-39-19-26(4)28(6)21-41(39)46(42-22-29(7)27(5)20-40(42)43)38-18-15-34-13-16-36-32(10-3)11-12-33-14-17-37(38)45(34)44(33)36/h11-25H,8-10H2,1-7H3. The van der Waals surface area contributed by atoms with E-state index in [9.17, 15) is 0 Å². The molecule has 0 radical (unpaired) electrons. The SMILES string of the molecule is CCc1cc(CC)cc(-c2c3cc(C)c(C)cc3c(-c3ccc4ccc5c(CC)ccc6ccc3c4c65)c3cc(C)c(C)cc23)c1. The van der Waals surface area contributed by atoms with E-state index in [0.29, 0.717) is 0 Å². The highest BCUT2D eigenvalue weighted by molar-refractivity contribution is 6.29. The van der Waals surface area contributed by atoms with Gasteiger partial charge in [-0.15, -0.1) is 0 Å². The quantitative estimate of drug-likeness (QED) is 0.137. The summed E-state index contributed by atoms with van der Waals surface area (Å²) in [5.74, 6) is 0. The van der Waals surface area contributed by atoms with Gasteiger partial charge in [-0.3, -0.25) is 0 Å². The number of aryl methyl sites for hydroxylation is 7. The molecule has 8 aromatic rings. The van der Waals surface area contributed by atoms with Gasteiger partial charge in [-0.1, -0.05) is 112 Å². The number of hydrogen-bond donors (Lipinski definition) is 0. The van der Waals surface area contributed by atoms with Crippen LogP contribution in [-0.2, 0) is 19.3 Å². The molecule has 0 fully saturated rings. The van der Waals surface area contributed by atoms with Gasteiger partial charge in [0.25, 0.3) is 0 Å². The predicted molar refractivity (Wildman–Crippen MR) is 203 cm³/mol. The molecule has 0 nitrogen and oxygen atoms in total. The van der Waals surface area contributed by atoms with Gasteiger partial charge in [-0.25, -0.2) is 0 Å². The van der Waals surface area contributed by atoms with Crippen LogP contribution >= 0.6 is 0 Å². The molecular formula is C46H42. The van der Waals surface area contributed by atoms with Gasteiger partial charge >= 0.3 is 0 Å². The molecule has 0 N–H and O–H groups in total. The molecule has 0 saturated heterocycles. The summed E-state index contributed by atoms with van der Waals surface area (Å²) in [4.78, 5) is 0. The van der Waals surface area contributed by atoms with Crippen LogP contribution in [0.1, 0.15) is 59.7 Å². The van der Waals surface area contributed by atoms with Crippen LogP contribution in [0.3, 0.4) is 0 Å². The fourth-order valence-corrected chi connectivity index (χ4v) is 8.05. The van der Waals surface area contributed by atoms with Crippen LogP contribution in [0.25, 0.3) is 76.1 Å². The van der Waals surface area contributed by atoms with Gasteiger partial charge in [0.15, 0.2) is 0 Å². The Hall–Kier alpha value is -4.68. The lowest BCUT2D eigenvalue weighted by molar-refractivity contribution is 1.09. The second-order valence-electron chi connectivity index (χ2n) is 13.6. The van der Waals surface area contributed by atoms with E-state index in [-0.39, 0.29) is 0 Å². The van der Waals surface area contributed by atoms with Crippen molar-refractivity contribution in [1.82, 2.24) is 0 Å². The number of rotatable bonds is 5. The van der Waals surface area contributed by atoms with Crippen LogP contribution in [0.4, 0.5) is 0 Å². The third-order valence-corrected chi connectivity index (χ3v) is 10.9. The first-order chi connectivity index (χ1) is 22.3. The van der Waals surface area contributed by atoms with Crippen molar-refractivity contribution in [2.24, 2.45) is 0 Å². The van der Waals surface area contributed by atoms with Crippen LogP contribution in [0.15, 0.2) is 91.0 Å². The Morgan fingerprint density at radius 3 is 1.37 bits per heavy atom. The fraction of sp³-hybridized carbons (Fsp3) is 0.217. The van der Waals surface area contributed by atoms with Gasteiger partial charge in [-0.05, 0) is 162 Å². The van der Waals surface area contributed by atoms with Crippen molar-refractivity contribution in [2.45, 2.75) is 67.7 Å². The monoisotopic (exact) mass is 594 g/mol. The van der Waals surface area contributed by atoms with Crippen molar-refractivity contribution in [3.8, 4) is 22.3 Å². The molecular weight excluding hydrogens is 553 g/mol. The molecule has 8 aromatic carbocycles. The van der Waals surface area contributed by atoms with E-state index in [1.807, 2.05) is 0 Å². The highest BCUT2D eigenvalue weighted by Crippen LogP contribution is 2.48. The van der Waals surface area contributed by atoms with Crippen molar-refractivity contribution in [3.63, 3.8) is 0 Å². The zero-order valence-electron chi connectivity index (χ0n) is 28.3. The first kappa shape index (κ1) is 28.8. The maximum Gasteiger partial charge on any atom is -0.00199 e. The molecule has 0 amide bonds. The van der Waals surface area contributed by atoms with Gasteiger partial charge in [-0.2, -0.15) is 0 Å². The summed E-state index contributed by atoms with van der Waals surface area (Å²) < 4.78 is 0. The van der Waals surface area contributed by atoms with Crippen molar-refractivity contribution >= 4 is 53.9 Å². The highest BCUT2D eigenvalue weighted by atomic mass is 14.2. The molecule has 0 atom stereocenters. The Kier molecular flexibility index (Phi) is 6.69. The minimum atomic E-state index is 1.04. The first-order valence-electron chi connectivity index (χ1n) is 17.1. The summed E-state index contributed by atoms with van der Waals surface area (Å²) in [5, 5.41) is 13.6. The zero-order chi connectivity index (χ0) is 31.9. The summed E-state index contributed by atoms with van der Waals surface area (Å²) in [5.41, 5.74) is 15.0. The summed E-state index contributed by atoms with van der Waals surface area (Å²) in [6.07, 6.45) is 3.11. The van der Waals surface area contributed by atoms with E-state index in [2.05, 4.69) is 139 Å². The summed E-state index contributed by atoms with van der Waals surface area (Å²) in [6.45, 7) is 15.9. The lowest BCUT2D eigenvalue weighted by atomic mass is 9.81. The Bertz CT molecular complexity index is 2410. The minimum Gasteiger partial charge on any atom is -0.0613 e. The average Bonchev–Trinajstić information content (AvgIpc) is 3.07. The maximum absolute atomic E-state index is 2.47. The van der Waals surface area contributed by atoms with Gasteiger partial charge in [0.05, 0.1) is 0 Å². The molecule has 0 heteroatoms. The van der Waals surface area contributed by atoms with Crippen LogP contribution in [0, 0.1) is 27.7 Å². The minimum absolute atomic E-state index is 1.04. The molecule has 0 aliphatic heterocycles.